The topological polar surface area (TPSA) is 64.4 Å². The van der Waals surface area contributed by atoms with Gasteiger partial charge in [0.15, 0.2) is 0 Å². The molecule has 0 saturated carbocycles. The zero-order valence-electron chi connectivity index (χ0n) is 8.15. The van der Waals surface area contributed by atoms with Crippen LogP contribution in [0.4, 0.5) is 4.39 Å². The third-order valence-corrected chi connectivity index (χ3v) is 2.57. The summed E-state index contributed by atoms with van der Waals surface area (Å²) >= 11 is 0. The molecule has 1 aromatic rings. The average molecular weight is 205 g/mol. The molecular formula is C11H12FN3. The highest BCUT2D eigenvalue weighted by molar-refractivity contribution is 5.74. The van der Waals surface area contributed by atoms with E-state index in [9.17, 15) is 4.39 Å². The summed E-state index contributed by atoms with van der Waals surface area (Å²) < 4.78 is 12.8. The van der Waals surface area contributed by atoms with Crippen LogP contribution in [0.2, 0.25) is 0 Å². The van der Waals surface area contributed by atoms with Crippen LogP contribution in [0.1, 0.15) is 5.56 Å². The Kier molecular flexibility index (Phi) is 2.28. The van der Waals surface area contributed by atoms with E-state index in [4.69, 9.17) is 11.5 Å². The minimum Gasteiger partial charge on any atom is -0.400 e. The van der Waals surface area contributed by atoms with Crippen molar-refractivity contribution in [2.75, 3.05) is 6.54 Å². The maximum absolute atomic E-state index is 12.8. The predicted molar refractivity (Wildman–Crippen MR) is 57.9 cm³/mol. The molecule has 0 bridgehead atoms. The Hall–Kier alpha value is -1.68. The molecule has 1 atom stereocenters. The summed E-state index contributed by atoms with van der Waals surface area (Å²) in [5.41, 5.74) is 12.5. The summed E-state index contributed by atoms with van der Waals surface area (Å²) in [7, 11) is 0. The van der Waals surface area contributed by atoms with Crippen molar-refractivity contribution in [3.05, 3.63) is 47.4 Å². The second kappa shape index (κ2) is 3.47. The fourth-order valence-corrected chi connectivity index (χ4v) is 1.57. The van der Waals surface area contributed by atoms with Crippen molar-refractivity contribution in [2.24, 2.45) is 16.5 Å². The van der Waals surface area contributed by atoms with Crippen LogP contribution < -0.4 is 11.5 Å². The molecular weight excluding hydrogens is 193 g/mol. The van der Waals surface area contributed by atoms with Crippen LogP contribution in [0.3, 0.4) is 0 Å². The SMILES string of the molecule is NC1=CC=NCC1(N)c1ccc(F)cc1. The summed E-state index contributed by atoms with van der Waals surface area (Å²) in [6.45, 7) is 0.390. The Morgan fingerprint density at radius 1 is 1.27 bits per heavy atom. The van der Waals surface area contributed by atoms with Gasteiger partial charge in [0.25, 0.3) is 0 Å². The molecule has 1 aromatic carbocycles. The third kappa shape index (κ3) is 1.64. The summed E-state index contributed by atoms with van der Waals surface area (Å²) in [6, 6.07) is 6.01. The first kappa shape index (κ1) is 9.86. The number of aliphatic imine (C=N–C) groups is 1. The van der Waals surface area contributed by atoms with Gasteiger partial charge in [0.2, 0.25) is 0 Å². The molecule has 0 amide bonds. The van der Waals surface area contributed by atoms with E-state index >= 15 is 0 Å². The van der Waals surface area contributed by atoms with Crippen molar-refractivity contribution in [3.8, 4) is 0 Å². The van der Waals surface area contributed by atoms with Crippen LogP contribution in [-0.4, -0.2) is 12.8 Å². The molecule has 2 rings (SSSR count). The standard InChI is InChI=1S/C11H12FN3/c12-9-3-1-8(2-4-9)11(14)7-15-6-5-10(11)13/h1-6H,7,13-14H2. The predicted octanol–water partition coefficient (Wildman–Crippen LogP) is 0.907. The number of allylic oxidation sites excluding steroid dienone is 1. The van der Waals surface area contributed by atoms with Gasteiger partial charge in [-0.15, -0.1) is 0 Å². The van der Waals surface area contributed by atoms with Gasteiger partial charge >= 0.3 is 0 Å². The fraction of sp³-hybridized carbons (Fsp3) is 0.182. The summed E-state index contributed by atoms with van der Waals surface area (Å²) in [4.78, 5) is 4.08. The second-order valence-corrected chi connectivity index (χ2v) is 3.59. The Morgan fingerprint density at radius 2 is 1.93 bits per heavy atom. The molecule has 1 aliphatic heterocycles. The normalized spacial score (nSPS) is 25.1. The molecule has 3 nitrogen and oxygen atoms in total. The summed E-state index contributed by atoms with van der Waals surface area (Å²) in [6.07, 6.45) is 3.30. The first-order valence-corrected chi connectivity index (χ1v) is 4.64. The Balaban J connectivity index is 2.42. The van der Waals surface area contributed by atoms with E-state index in [1.165, 1.54) is 12.1 Å². The lowest BCUT2D eigenvalue weighted by molar-refractivity contribution is 0.527. The van der Waals surface area contributed by atoms with Crippen molar-refractivity contribution in [1.29, 1.82) is 0 Å². The lowest BCUT2D eigenvalue weighted by atomic mass is 9.86. The van der Waals surface area contributed by atoms with E-state index in [-0.39, 0.29) is 5.82 Å². The second-order valence-electron chi connectivity index (χ2n) is 3.59. The molecule has 0 radical (unpaired) electrons. The van der Waals surface area contributed by atoms with Gasteiger partial charge in [-0.1, -0.05) is 12.1 Å². The number of rotatable bonds is 1. The number of nitrogens with two attached hydrogens (primary N) is 2. The fourth-order valence-electron chi connectivity index (χ4n) is 1.57. The van der Waals surface area contributed by atoms with Crippen LogP contribution in [0.15, 0.2) is 41.0 Å². The van der Waals surface area contributed by atoms with Gasteiger partial charge in [-0.3, -0.25) is 4.99 Å². The van der Waals surface area contributed by atoms with Crippen LogP contribution in [0.25, 0.3) is 0 Å². The lowest BCUT2D eigenvalue weighted by Crippen LogP contribution is -2.46. The Bertz CT molecular complexity index is 422. The Morgan fingerprint density at radius 3 is 2.53 bits per heavy atom. The van der Waals surface area contributed by atoms with E-state index in [2.05, 4.69) is 4.99 Å². The maximum atomic E-state index is 12.8. The molecule has 15 heavy (non-hydrogen) atoms. The molecule has 1 unspecified atom stereocenters. The minimum atomic E-state index is -0.803. The zero-order valence-corrected chi connectivity index (χ0v) is 8.15. The molecule has 1 heterocycles. The van der Waals surface area contributed by atoms with Gasteiger partial charge in [0, 0.05) is 11.9 Å². The highest BCUT2D eigenvalue weighted by Crippen LogP contribution is 2.25. The van der Waals surface area contributed by atoms with Crippen molar-refractivity contribution >= 4 is 6.21 Å². The van der Waals surface area contributed by atoms with Crippen molar-refractivity contribution in [1.82, 2.24) is 0 Å². The van der Waals surface area contributed by atoms with Crippen molar-refractivity contribution < 1.29 is 4.39 Å². The first-order valence-electron chi connectivity index (χ1n) is 4.64. The number of halogens is 1. The molecule has 0 saturated heterocycles. The zero-order chi connectivity index (χ0) is 10.9. The van der Waals surface area contributed by atoms with Crippen LogP contribution >= 0.6 is 0 Å². The highest BCUT2D eigenvalue weighted by atomic mass is 19.1. The van der Waals surface area contributed by atoms with E-state index in [0.717, 1.165) is 5.56 Å². The minimum absolute atomic E-state index is 0.288. The molecule has 0 spiro atoms. The van der Waals surface area contributed by atoms with E-state index in [1.807, 2.05) is 0 Å². The van der Waals surface area contributed by atoms with E-state index in [1.54, 1.807) is 24.4 Å². The maximum Gasteiger partial charge on any atom is 0.123 e. The average Bonchev–Trinajstić information content (AvgIpc) is 2.23. The van der Waals surface area contributed by atoms with Crippen LogP contribution in [0, 0.1) is 5.82 Å². The lowest BCUT2D eigenvalue weighted by Gasteiger charge is -2.30. The van der Waals surface area contributed by atoms with Gasteiger partial charge in [-0.25, -0.2) is 4.39 Å². The van der Waals surface area contributed by atoms with E-state index < -0.39 is 5.54 Å². The number of hydrogen-bond acceptors (Lipinski definition) is 3. The molecule has 0 aliphatic carbocycles. The van der Waals surface area contributed by atoms with Crippen molar-refractivity contribution in [3.63, 3.8) is 0 Å². The third-order valence-electron chi connectivity index (χ3n) is 2.57. The van der Waals surface area contributed by atoms with Gasteiger partial charge < -0.3 is 11.5 Å². The molecule has 78 valence electrons. The van der Waals surface area contributed by atoms with Gasteiger partial charge in [0.1, 0.15) is 11.4 Å². The van der Waals surface area contributed by atoms with Crippen LogP contribution in [0.5, 0.6) is 0 Å². The van der Waals surface area contributed by atoms with Gasteiger partial charge in [-0.05, 0) is 23.8 Å². The molecule has 0 aromatic heterocycles. The molecule has 1 aliphatic rings. The Labute approximate surface area is 87.3 Å². The van der Waals surface area contributed by atoms with Crippen LogP contribution in [-0.2, 0) is 5.54 Å². The monoisotopic (exact) mass is 205 g/mol. The number of dihydropyridines is 1. The molecule has 4 N–H and O–H groups in total. The van der Waals surface area contributed by atoms with E-state index in [0.29, 0.717) is 12.2 Å². The summed E-state index contributed by atoms with van der Waals surface area (Å²) in [5.74, 6) is -0.288. The number of benzene rings is 1. The quantitative estimate of drug-likeness (QED) is 0.715. The molecule has 4 heteroatoms. The number of nitrogens with zero attached hydrogens (tertiary/aromatic N) is 1. The largest absolute Gasteiger partial charge is 0.400 e. The van der Waals surface area contributed by atoms with Crippen molar-refractivity contribution in [2.45, 2.75) is 5.54 Å². The van der Waals surface area contributed by atoms with Gasteiger partial charge in [0.05, 0.1) is 6.54 Å². The number of hydrogen-bond donors (Lipinski definition) is 2. The smallest absolute Gasteiger partial charge is 0.123 e. The summed E-state index contributed by atoms with van der Waals surface area (Å²) in [5, 5.41) is 0. The highest BCUT2D eigenvalue weighted by Gasteiger charge is 2.31. The first-order chi connectivity index (χ1) is 7.13. The van der Waals surface area contributed by atoms with Gasteiger partial charge in [-0.2, -0.15) is 0 Å². The molecule has 0 fully saturated rings.